The quantitative estimate of drug-likeness (QED) is 0.586. The monoisotopic (exact) mass is 184 g/mol. The van der Waals surface area contributed by atoms with Gasteiger partial charge in [-0.1, -0.05) is 0 Å². The van der Waals surface area contributed by atoms with E-state index in [0.29, 0.717) is 0 Å². The number of rotatable bonds is 3. The zero-order valence-corrected chi connectivity index (χ0v) is 7.37. The normalized spacial score (nSPS) is 19.0. The van der Waals surface area contributed by atoms with Crippen LogP contribution >= 0.6 is 0 Å². The maximum Gasteiger partial charge on any atom is 0.239 e. The Kier molecular flexibility index (Phi) is 2.65. The predicted molar refractivity (Wildman–Crippen MR) is 44.5 cm³/mol. The van der Waals surface area contributed by atoms with E-state index in [4.69, 9.17) is 5.73 Å². The number of ketones is 1. The van der Waals surface area contributed by atoms with E-state index in [2.05, 4.69) is 5.32 Å². The Morgan fingerprint density at radius 3 is 2.46 bits per heavy atom. The van der Waals surface area contributed by atoms with Gasteiger partial charge in [0.25, 0.3) is 0 Å². The van der Waals surface area contributed by atoms with Gasteiger partial charge in [-0.2, -0.15) is 0 Å². The number of amides is 2. The van der Waals surface area contributed by atoms with Gasteiger partial charge in [-0.15, -0.1) is 0 Å². The summed E-state index contributed by atoms with van der Waals surface area (Å²) in [6.45, 7) is 1.51. The molecule has 1 saturated carbocycles. The van der Waals surface area contributed by atoms with Crippen LogP contribution in [0.5, 0.6) is 0 Å². The van der Waals surface area contributed by atoms with Gasteiger partial charge in [-0.25, -0.2) is 0 Å². The molecule has 1 aliphatic carbocycles. The van der Waals surface area contributed by atoms with Crippen LogP contribution in [-0.4, -0.2) is 23.6 Å². The third-order valence-corrected chi connectivity index (χ3v) is 2.10. The topological polar surface area (TPSA) is 89.3 Å². The van der Waals surface area contributed by atoms with E-state index in [1.54, 1.807) is 0 Å². The molecular formula is C8H12N2O3. The minimum atomic E-state index is -0.664. The maximum atomic E-state index is 11.2. The summed E-state index contributed by atoms with van der Waals surface area (Å²) in [5.74, 6) is -0.994. The molecule has 0 aliphatic heterocycles. The number of primary amides is 1. The summed E-state index contributed by atoms with van der Waals surface area (Å²) in [5, 5.41) is 2.44. The molecule has 1 fully saturated rings. The van der Waals surface area contributed by atoms with Crippen LogP contribution in [0.3, 0.4) is 0 Å². The van der Waals surface area contributed by atoms with Crippen LogP contribution in [0.25, 0.3) is 0 Å². The summed E-state index contributed by atoms with van der Waals surface area (Å²) >= 11 is 0. The summed E-state index contributed by atoms with van der Waals surface area (Å²) < 4.78 is 0. The minimum Gasteiger partial charge on any atom is -0.368 e. The number of Topliss-reactive ketones (excluding diaryl/α,β-unsaturated/α-hetero) is 1. The third-order valence-electron chi connectivity index (χ3n) is 2.10. The highest BCUT2D eigenvalue weighted by Crippen LogP contribution is 2.22. The lowest BCUT2D eigenvalue weighted by Gasteiger charge is -2.24. The molecule has 0 bridgehead atoms. The number of carbonyl (C=O) groups is 3. The van der Waals surface area contributed by atoms with Crippen molar-refractivity contribution in [3.05, 3.63) is 0 Å². The second-order valence-electron chi connectivity index (χ2n) is 3.28. The van der Waals surface area contributed by atoms with Gasteiger partial charge in [0.15, 0.2) is 0 Å². The van der Waals surface area contributed by atoms with Crippen molar-refractivity contribution in [2.75, 3.05) is 0 Å². The average molecular weight is 184 g/mol. The molecule has 0 unspecified atom stereocenters. The molecule has 1 aliphatic rings. The van der Waals surface area contributed by atoms with Crippen LogP contribution in [0.15, 0.2) is 0 Å². The molecule has 0 spiro atoms. The van der Waals surface area contributed by atoms with E-state index in [1.165, 1.54) is 6.92 Å². The summed E-state index contributed by atoms with van der Waals surface area (Å²) in [6, 6.07) is -0.664. The lowest BCUT2D eigenvalue weighted by molar-refractivity contribution is -0.139. The third kappa shape index (κ3) is 2.27. The predicted octanol–water partition coefficient (Wildman–Crippen LogP) is -1.04. The Labute approximate surface area is 75.7 Å². The highest BCUT2D eigenvalue weighted by Gasteiger charge is 2.33. The van der Waals surface area contributed by atoms with E-state index in [1.807, 2.05) is 0 Å². The van der Waals surface area contributed by atoms with Crippen molar-refractivity contribution in [2.24, 2.45) is 11.7 Å². The first-order valence-corrected chi connectivity index (χ1v) is 4.12. The molecule has 0 aromatic rings. The van der Waals surface area contributed by atoms with Gasteiger partial charge in [-0.3, -0.25) is 14.4 Å². The van der Waals surface area contributed by atoms with Crippen molar-refractivity contribution in [1.29, 1.82) is 0 Å². The first-order valence-electron chi connectivity index (χ1n) is 4.12. The van der Waals surface area contributed by atoms with Crippen LogP contribution in [0.1, 0.15) is 19.8 Å². The molecule has 1 atom stereocenters. The van der Waals surface area contributed by atoms with Crippen molar-refractivity contribution < 1.29 is 14.4 Å². The molecule has 0 aromatic heterocycles. The van der Waals surface area contributed by atoms with Crippen LogP contribution in [-0.2, 0) is 14.4 Å². The van der Waals surface area contributed by atoms with E-state index in [0.717, 1.165) is 0 Å². The van der Waals surface area contributed by atoms with Crippen LogP contribution in [0, 0.1) is 5.92 Å². The van der Waals surface area contributed by atoms with E-state index < -0.39 is 11.9 Å². The Morgan fingerprint density at radius 2 is 2.08 bits per heavy atom. The Bertz CT molecular complexity index is 254. The first-order chi connectivity index (χ1) is 6.00. The van der Waals surface area contributed by atoms with Gasteiger partial charge in [0.05, 0.1) is 5.92 Å². The largest absolute Gasteiger partial charge is 0.368 e. The van der Waals surface area contributed by atoms with E-state index in [-0.39, 0.29) is 30.4 Å². The van der Waals surface area contributed by atoms with Crippen LogP contribution < -0.4 is 11.1 Å². The van der Waals surface area contributed by atoms with Crippen LogP contribution in [0.2, 0.25) is 0 Å². The van der Waals surface area contributed by atoms with Gasteiger partial charge in [0.2, 0.25) is 11.8 Å². The number of hydrogen-bond donors (Lipinski definition) is 2. The van der Waals surface area contributed by atoms with Crippen molar-refractivity contribution in [3.63, 3.8) is 0 Å². The second kappa shape index (κ2) is 3.55. The van der Waals surface area contributed by atoms with Gasteiger partial charge in [-0.05, 0) is 6.92 Å². The van der Waals surface area contributed by atoms with Crippen molar-refractivity contribution in [3.8, 4) is 0 Å². The van der Waals surface area contributed by atoms with Gasteiger partial charge in [0, 0.05) is 12.8 Å². The Morgan fingerprint density at radius 1 is 1.54 bits per heavy atom. The number of nitrogens with one attached hydrogen (secondary N) is 1. The molecule has 3 N–H and O–H groups in total. The first kappa shape index (κ1) is 9.70. The maximum absolute atomic E-state index is 11.2. The molecule has 13 heavy (non-hydrogen) atoms. The van der Waals surface area contributed by atoms with Gasteiger partial charge < -0.3 is 11.1 Å². The second-order valence-corrected chi connectivity index (χ2v) is 3.28. The SMILES string of the molecule is C[C@H](NC(=O)C1CC(=O)C1)C(N)=O. The summed E-state index contributed by atoms with van der Waals surface area (Å²) in [6.07, 6.45) is 0.578. The molecule has 72 valence electrons. The Hall–Kier alpha value is -1.39. The average Bonchev–Trinajstić information content (AvgIpc) is 1.98. The lowest BCUT2D eigenvalue weighted by atomic mass is 9.83. The standard InChI is InChI=1S/C8H12N2O3/c1-4(7(9)12)10-8(13)5-2-6(11)3-5/h4-5H,2-3H2,1H3,(H2,9,12)(H,10,13)/t4-/m0/s1. The lowest BCUT2D eigenvalue weighted by Crippen LogP contribution is -2.47. The van der Waals surface area contributed by atoms with Gasteiger partial charge >= 0.3 is 0 Å². The molecule has 0 heterocycles. The number of nitrogens with two attached hydrogens (primary N) is 1. The Balaban J connectivity index is 2.33. The molecule has 5 nitrogen and oxygen atoms in total. The van der Waals surface area contributed by atoms with Crippen molar-refractivity contribution >= 4 is 17.6 Å². The molecule has 0 radical (unpaired) electrons. The van der Waals surface area contributed by atoms with Crippen molar-refractivity contribution in [1.82, 2.24) is 5.32 Å². The van der Waals surface area contributed by atoms with E-state index in [9.17, 15) is 14.4 Å². The summed E-state index contributed by atoms with van der Waals surface area (Å²) in [7, 11) is 0. The fourth-order valence-electron chi connectivity index (χ4n) is 1.08. The zero-order valence-electron chi connectivity index (χ0n) is 7.37. The highest BCUT2D eigenvalue weighted by molar-refractivity contribution is 5.97. The summed E-state index contributed by atoms with van der Waals surface area (Å²) in [4.78, 5) is 32.3. The molecule has 1 rings (SSSR count). The minimum absolute atomic E-state index is 0.0897. The van der Waals surface area contributed by atoms with E-state index >= 15 is 0 Å². The zero-order chi connectivity index (χ0) is 10.0. The fourth-order valence-corrected chi connectivity index (χ4v) is 1.08. The number of carbonyl (C=O) groups excluding carboxylic acids is 3. The molecule has 0 aromatic carbocycles. The van der Waals surface area contributed by atoms with Crippen LogP contribution in [0.4, 0.5) is 0 Å². The molecule has 5 heteroatoms. The summed E-state index contributed by atoms with van der Waals surface area (Å²) in [5.41, 5.74) is 4.95. The molecular weight excluding hydrogens is 172 g/mol. The highest BCUT2D eigenvalue weighted by atomic mass is 16.2. The smallest absolute Gasteiger partial charge is 0.239 e. The molecule has 2 amide bonds. The fraction of sp³-hybridized carbons (Fsp3) is 0.625. The molecule has 0 saturated heterocycles. The van der Waals surface area contributed by atoms with Crippen molar-refractivity contribution in [2.45, 2.75) is 25.8 Å². The van der Waals surface area contributed by atoms with Gasteiger partial charge in [0.1, 0.15) is 11.8 Å². The number of hydrogen-bond acceptors (Lipinski definition) is 3.